The van der Waals surface area contributed by atoms with Crippen LogP contribution in [0.1, 0.15) is 85.5 Å². The second-order valence-electron chi connectivity index (χ2n) is 8.61. The molecule has 2 rings (SSSR count). The molecular weight excluding hydrogens is 258 g/mol. The molecule has 0 spiro atoms. The monoisotopic (exact) mass is 291 g/mol. The van der Waals surface area contributed by atoms with Gasteiger partial charge < -0.3 is 5.11 Å². The van der Waals surface area contributed by atoms with Gasteiger partial charge in [-0.3, -0.25) is 0 Å². The molecule has 0 heterocycles. The summed E-state index contributed by atoms with van der Waals surface area (Å²) >= 11 is 0. The third-order valence-electron chi connectivity index (χ3n) is 6.64. The minimum absolute atomic E-state index is 0.317. The molecule has 21 heavy (non-hydrogen) atoms. The van der Waals surface area contributed by atoms with Gasteiger partial charge in [0, 0.05) is 0 Å². The van der Waals surface area contributed by atoms with E-state index in [0.717, 1.165) is 51.4 Å². The van der Waals surface area contributed by atoms with Crippen LogP contribution in [0, 0.1) is 34.0 Å². The molecule has 2 aliphatic rings. The minimum atomic E-state index is -0.738. The summed E-state index contributed by atoms with van der Waals surface area (Å²) in [5.74, 6) is 1.00. The summed E-state index contributed by atoms with van der Waals surface area (Å²) in [5.41, 5.74) is -0.908. The van der Waals surface area contributed by atoms with Crippen molar-refractivity contribution in [3.05, 3.63) is 0 Å². The van der Waals surface area contributed by atoms with Gasteiger partial charge in [0.05, 0.1) is 17.1 Å². The SMILES string of the molecule is CCC1CCCCC1(O)C1(C#N)CCC(C(C)(C)C)CC1. The summed E-state index contributed by atoms with van der Waals surface area (Å²) in [7, 11) is 0. The molecule has 0 aromatic heterocycles. The van der Waals surface area contributed by atoms with Crippen molar-refractivity contribution in [3.8, 4) is 6.07 Å². The van der Waals surface area contributed by atoms with Gasteiger partial charge in [0.2, 0.25) is 0 Å². The van der Waals surface area contributed by atoms with Crippen LogP contribution < -0.4 is 0 Å². The van der Waals surface area contributed by atoms with Gasteiger partial charge in [0.15, 0.2) is 0 Å². The average Bonchev–Trinajstić information content (AvgIpc) is 2.46. The third-order valence-corrected chi connectivity index (χ3v) is 6.64. The minimum Gasteiger partial charge on any atom is -0.388 e. The smallest absolute Gasteiger partial charge is 0.0863 e. The molecule has 2 saturated carbocycles. The molecule has 0 aliphatic heterocycles. The van der Waals surface area contributed by atoms with Gasteiger partial charge in [0.1, 0.15) is 0 Å². The van der Waals surface area contributed by atoms with Crippen LogP contribution in [0.3, 0.4) is 0 Å². The van der Waals surface area contributed by atoms with E-state index in [-0.39, 0.29) is 0 Å². The Hall–Kier alpha value is -0.550. The van der Waals surface area contributed by atoms with Crippen LogP contribution in [-0.4, -0.2) is 10.7 Å². The van der Waals surface area contributed by atoms with E-state index in [1.54, 1.807) is 0 Å². The maximum Gasteiger partial charge on any atom is 0.0863 e. The third kappa shape index (κ3) is 2.87. The van der Waals surface area contributed by atoms with Gasteiger partial charge >= 0.3 is 0 Å². The van der Waals surface area contributed by atoms with Crippen LogP contribution in [0.25, 0.3) is 0 Å². The summed E-state index contributed by atoms with van der Waals surface area (Å²) in [6.45, 7) is 9.09. The fourth-order valence-electron chi connectivity index (χ4n) is 5.02. The van der Waals surface area contributed by atoms with Crippen molar-refractivity contribution >= 4 is 0 Å². The second kappa shape index (κ2) is 5.92. The van der Waals surface area contributed by atoms with E-state index in [0.29, 0.717) is 17.3 Å². The first kappa shape index (κ1) is 16.8. The van der Waals surface area contributed by atoms with E-state index in [9.17, 15) is 10.4 Å². The molecular formula is C19H33NO. The predicted octanol–water partition coefficient (Wildman–Crippen LogP) is 5.06. The molecule has 2 nitrogen and oxygen atoms in total. The van der Waals surface area contributed by atoms with Gasteiger partial charge in [-0.05, 0) is 55.8 Å². The first-order chi connectivity index (χ1) is 9.79. The fourth-order valence-corrected chi connectivity index (χ4v) is 5.02. The lowest BCUT2D eigenvalue weighted by Gasteiger charge is -2.53. The highest BCUT2D eigenvalue weighted by atomic mass is 16.3. The number of hydrogen-bond acceptors (Lipinski definition) is 2. The molecule has 0 radical (unpaired) electrons. The molecule has 0 saturated heterocycles. The average molecular weight is 291 g/mol. The maximum atomic E-state index is 11.5. The Morgan fingerprint density at radius 1 is 1.10 bits per heavy atom. The van der Waals surface area contributed by atoms with E-state index in [2.05, 4.69) is 33.8 Å². The van der Waals surface area contributed by atoms with Gasteiger partial charge in [-0.25, -0.2) is 0 Å². The molecule has 0 aromatic carbocycles. The van der Waals surface area contributed by atoms with E-state index < -0.39 is 11.0 Å². The largest absolute Gasteiger partial charge is 0.388 e. The Labute approximate surface area is 130 Å². The van der Waals surface area contributed by atoms with Crippen LogP contribution >= 0.6 is 0 Å². The van der Waals surface area contributed by atoms with Crippen LogP contribution in [0.4, 0.5) is 0 Å². The first-order valence-corrected chi connectivity index (χ1v) is 8.93. The quantitative estimate of drug-likeness (QED) is 0.772. The molecule has 2 aliphatic carbocycles. The fraction of sp³-hybridized carbons (Fsp3) is 0.947. The Morgan fingerprint density at radius 2 is 1.71 bits per heavy atom. The molecule has 2 heteroatoms. The van der Waals surface area contributed by atoms with Gasteiger partial charge in [0.25, 0.3) is 0 Å². The summed E-state index contributed by atoms with van der Waals surface area (Å²) in [6, 6.07) is 2.61. The molecule has 0 bridgehead atoms. The van der Waals surface area contributed by atoms with Crippen molar-refractivity contribution in [2.75, 3.05) is 0 Å². The van der Waals surface area contributed by atoms with Crippen molar-refractivity contribution in [1.29, 1.82) is 5.26 Å². The van der Waals surface area contributed by atoms with Gasteiger partial charge in [-0.1, -0.05) is 47.0 Å². The van der Waals surface area contributed by atoms with Gasteiger partial charge in [-0.15, -0.1) is 0 Å². The second-order valence-corrected chi connectivity index (χ2v) is 8.61. The van der Waals surface area contributed by atoms with Gasteiger partial charge in [-0.2, -0.15) is 5.26 Å². The van der Waals surface area contributed by atoms with Crippen LogP contribution in [0.15, 0.2) is 0 Å². The molecule has 2 atom stereocenters. The van der Waals surface area contributed by atoms with Crippen molar-refractivity contribution in [2.24, 2.45) is 22.7 Å². The molecule has 120 valence electrons. The highest BCUT2D eigenvalue weighted by Gasteiger charge is 2.56. The lowest BCUT2D eigenvalue weighted by atomic mass is 9.53. The summed E-state index contributed by atoms with van der Waals surface area (Å²) < 4.78 is 0. The van der Waals surface area contributed by atoms with Crippen molar-refractivity contribution in [3.63, 3.8) is 0 Å². The zero-order valence-electron chi connectivity index (χ0n) is 14.4. The summed E-state index contributed by atoms with van der Waals surface area (Å²) in [4.78, 5) is 0. The van der Waals surface area contributed by atoms with Crippen LogP contribution in [0.2, 0.25) is 0 Å². The zero-order chi connectivity index (χ0) is 15.7. The lowest BCUT2D eigenvalue weighted by Crippen LogP contribution is -2.56. The first-order valence-electron chi connectivity index (χ1n) is 8.93. The van der Waals surface area contributed by atoms with Crippen molar-refractivity contribution in [1.82, 2.24) is 0 Å². The maximum absolute atomic E-state index is 11.5. The van der Waals surface area contributed by atoms with Crippen LogP contribution in [-0.2, 0) is 0 Å². The molecule has 0 aromatic rings. The number of aliphatic hydroxyl groups is 1. The van der Waals surface area contributed by atoms with E-state index >= 15 is 0 Å². The normalized spacial score (nSPS) is 41.5. The lowest BCUT2D eigenvalue weighted by molar-refractivity contribution is -0.144. The van der Waals surface area contributed by atoms with E-state index in [1.165, 1.54) is 6.42 Å². The van der Waals surface area contributed by atoms with E-state index in [4.69, 9.17) is 0 Å². The molecule has 0 amide bonds. The number of rotatable bonds is 2. The number of nitriles is 1. The van der Waals surface area contributed by atoms with Crippen molar-refractivity contribution in [2.45, 2.75) is 91.1 Å². The summed E-state index contributed by atoms with van der Waals surface area (Å²) in [6.07, 6.45) is 9.19. The number of hydrogen-bond donors (Lipinski definition) is 1. The predicted molar refractivity (Wildman–Crippen MR) is 86.7 cm³/mol. The van der Waals surface area contributed by atoms with Crippen molar-refractivity contribution < 1.29 is 5.11 Å². The standard InChI is InChI=1S/C19H33NO/c1-5-15-8-6-7-11-19(15,21)18(14-20)12-9-16(10-13-18)17(2,3)4/h15-16,21H,5-13H2,1-4H3. The Kier molecular flexibility index (Phi) is 4.74. The highest BCUT2D eigenvalue weighted by molar-refractivity contribution is 5.16. The number of nitrogens with zero attached hydrogens (tertiary/aromatic N) is 1. The highest BCUT2D eigenvalue weighted by Crippen LogP contribution is 2.56. The molecule has 2 fully saturated rings. The Bertz CT molecular complexity index is 395. The topological polar surface area (TPSA) is 44.0 Å². The molecule has 1 N–H and O–H groups in total. The van der Waals surface area contributed by atoms with Crippen LogP contribution in [0.5, 0.6) is 0 Å². The Morgan fingerprint density at radius 3 is 2.19 bits per heavy atom. The molecule has 2 unspecified atom stereocenters. The zero-order valence-corrected chi connectivity index (χ0v) is 14.4. The summed E-state index contributed by atoms with van der Waals surface area (Å²) in [5, 5.41) is 21.4. The Balaban J connectivity index is 2.21. The van der Waals surface area contributed by atoms with E-state index in [1.807, 2.05) is 0 Å².